The molecule has 5 nitrogen and oxygen atoms in total. The highest BCUT2D eigenvalue weighted by molar-refractivity contribution is 7.00. The summed E-state index contributed by atoms with van der Waals surface area (Å²) in [5.74, 6) is 0. The highest BCUT2D eigenvalue weighted by atomic mass is 15.2. The molecule has 0 bridgehead atoms. The molecule has 5 heterocycles. The maximum Gasteiger partial charge on any atom is 0.252 e. The van der Waals surface area contributed by atoms with Gasteiger partial charge in [0.15, 0.2) is 0 Å². The third kappa shape index (κ3) is 14.0. The van der Waals surface area contributed by atoms with Crippen LogP contribution in [0.1, 0.15) is 222 Å². The maximum absolute atomic E-state index is 10.1. The second-order valence-corrected chi connectivity index (χ2v) is 42.4. The lowest BCUT2D eigenvalue weighted by Gasteiger charge is -2.46. The van der Waals surface area contributed by atoms with Crippen molar-refractivity contribution in [2.24, 2.45) is 0 Å². The largest absolute Gasteiger partial charge is 0.310 e. The standard InChI is InChI=1S/C115H118BN5/c1-108(2,3)76-48-55-97-90(63-76)91-64-77(109(4,5)6)49-56-98(91)119(97)83-51-54-93-99(70-83)120(105-87(71-38-28-25-29-39-71)65-80(112(13,14)15)66-88(105)72-40-30-26-31-41-72)101-60-75(74-58-78(110(7,8)9)62-79(59-74)111(10,11)12)61-102-104(101)116(93)94-53-50-82(118-95-46-36-34-44-84(95)85-45-35-37-47-96(85)118)69-100(94)121(102)106-89(73-42-32-27-33-43-73)67-81(113(16,17)18)68-92(106)86-52-57-103(114(19,20)21)117-107(86)115(22,23)24/h25-70H,1-24H3/i34D,35D,36D,37D,44D,45D,46D,47D. The van der Waals surface area contributed by atoms with Crippen LogP contribution in [0.5, 0.6) is 0 Å². The number of hydrogen-bond donors (Lipinski definition) is 0. The van der Waals surface area contributed by atoms with Crippen molar-refractivity contribution in [1.82, 2.24) is 14.1 Å². The fourth-order valence-electron chi connectivity index (χ4n) is 18.5. The Labute approximate surface area is 731 Å². The smallest absolute Gasteiger partial charge is 0.252 e. The zero-order valence-electron chi connectivity index (χ0n) is 83.3. The van der Waals surface area contributed by atoms with Crippen LogP contribution in [0.15, 0.2) is 279 Å². The van der Waals surface area contributed by atoms with Gasteiger partial charge >= 0.3 is 0 Å². The lowest BCUT2D eigenvalue weighted by molar-refractivity contribution is 0.532. The normalized spacial score (nSPS) is 14.5. The van der Waals surface area contributed by atoms with E-state index in [4.69, 9.17) is 4.98 Å². The highest BCUT2D eigenvalue weighted by Crippen LogP contribution is 2.57. The van der Waals surface area contributed by atoms with Gasteiger partial charge < -0.3 is 18.9 Å². The second-order valence-electron chi connectivity index (χ2n) is 42.4. The summed E-state index contributed by atoms with van der Waals surface area (Å²) < 4.78 is 81.8. The van der Waals surface area contributed by atoms with Gasteiger partial charge in [-0.15, -0.1) is 0 Å². The Kier molecular flexibility index (Phi) is 16.7. The number of fused-ring (bicyclic) bond motifs is 10. The zero-order valence-corrected chi connectivity index (χ0v) is 75.3. The molecule has 121 heavy (non-hydrogen) atoms. The molecule has 0 spiro atoms. The van der Waals surface area contributed by atoms with Gasteiger partial charge in [-0.25, -0.2) is 0 Å². The molecule has 0 atom stereocenters. The highest BCUT2D eigenvalue weighted by Gasteiger charge is 2.47. The van der Waals surface area contributed by atoms with Gasteiger partial charge in [0.1, 0.15) is 0 Å². The van der Waals surface area contributed by atoms with E-state index in [-0.39, 0.29) is 66.4 Å². The molecular formula is C115H118BN5. The lowest BCUT2D eigenvalue weighted by Crippen LogP contribution is -2.61. The first-order chi connectivity index (χ1) is 60.4. The van der Waals surface area contributed by atoms with Crippen LogP contribution in [-0.4, -0.2) is 20.8 Å². The number of aromatic nitrogens is 3. The number of nitrogens with zero attached hydrogens (tertiary/aromatic N) is 5. The first-order valence-corrected chi connectivity index (χ1v) is 43.3. The number of hydrogen-bond acceptors (Lipinski definition) is 3. The van der Waals surface area contributed by atoms with Gasteiger partial charge in [0.2, 0.25) is 0 Å². The molecule has 16 aromatic rings. The molecule has 0 radical (unpaired) electrons. The number of pyridine rings is 1. The Bertz CT molecular complexity index is 7100. The first-order valence-electron chi connectivity index (χ1n) is 47.3. The summed E-state index contributed by atoms with van der Waals surface area (Å²) in [5.41, 5.74) is 28.5. The van der Waals surface area contributed by atoms with E-state index < -0.39 is 53.8 Å². The Morgan fingerprint density at radius 1 is 0.264 bits per heavy atom. The van der Waals surface area contributed by atoms with Gasteiger partial charge in [-0.3, -0.25) is 4.98 Å². The number of anilines is 6. The Morgan fingerprint density at radius 2 is 0.628 bits per heavy atom. The van der Waals surface area contributed by atoms with Crippen molar-refractivity contribution in [3.05, 3.63) is 324 Å². The van der Waals surface area contributed by atoms with Crippen molar-refractivity contribution in [3.63, 3.8) is 0 Å². The van der Waals surface area contributed by atoms with Gasteiger partial charge in [0.05, 0.1) is 50.1 Å². The number of benzene rings is 13. The van der Waals surface area contributed by atoms with Gasteiger partial charge in [-0.1, -0.05) is 342 Å². The topological polar surface area (TPSA) is 29.2 Å². The summed E-state index contributed by atoms with van der Waals surface area (Å²) >= 11 is 0. The predicted octanol–water partition coefficient (Wildman–Crippen LogP) is 30.1. The van der Waals surface area contributed by atoms with Gasteiger partial charge in [0.25, 0.3) is 6.71 Å². The molecule has 0 fully saturated rings. The molecule has 6 heteroatoms. The van der Waals surface area contributed by atoms with E-state index in [1.807, 2.05) is 6.07 Å². The van der Waals surface area contributed by atoms with E-state index in [2.05, 4.69) is 405 Å². The molecule has 2 aliphatic heterocycles. The molecule has 0 saturated carbocycles. The summed E-state index contributed by atoms with van der Waals surface area (Å²) in [6.07, 6.45) is 0. The van der Waals surface area contributed by atoms with E-state index in [1.165, 1.54) is 38.6 Å². The number of rotatable bonds is 9. The molecule has 18 rings (SSSR count). The molecule has 2 aliphatic rings. The van der Waals surface area contributed by atoms with Gasteiger partial charge in [0, 0.05) is 100 Å². The van der Waals surface area contributed by atoms with Crippen LogP contribution in [0.2, 0.25) is 0 Å². The fourth-order valence-corrected chi connectivity index (χ4v) is 18.5. The van der Waals surface area contributed by atoms with Gasteiger partial charge in [-0.05, 0) is 213 Å². The third-order valence-corrected chi connectivity index (χ3v) is 25.4. The second kappa shape index (κ2) is 28.5. The van der Waals surface area contributed by atoms with Crippen molar-refractivity contribution in [2.45, 2.75) is 209 Å². The summed E-state index contributed by atoms with van der Waals surface area (Å²) in [6.45, 7) is 54.3. The Morgan fingerprint density at radius 3 is 1.02 bits per heavy atom. The Balaban J connectivity index is 1.11. The molecular weight excluding hydrogens is 1460 g/mol. The third-order valence-electron chi connectivity index (χ3n) is 25.4. The van der Waals surface area contributed by atoms with Crippen molar-refractivity contribution in [1.29, 1.82) is 0 Å². The minimum absolute atomic E-state index is 0.00145. The molecule has 606 valence electrons. The quantitative estimate of drug-likeness (QED) is 0.135. The average Bonchev–Trinajstić information content (AvgIpc) is 1.27. The van der Waals surface area contributed by atoms with Crippen LogP contribution >= 0.6 is 0 Å². The van der Waals surface area contributed by atoms with Crippen LogP contribution in [0.4, 0.5) is 34.1 Å². The minimum Gasteiger partial charge on any atom is -0.310 e. The van der Waals surface area contributed by atoms with E-state index in [0.717, 1.165) is 140 Å². The summed E-state index contributed by atoms with van der Waals surface area (Å²) in [7, 11) is 0. The fraction of sp³-hybridized carbons (Fsp3) is 0.278. The van der Waals surface area contributed by atoms with E-state index >= 15 is 0 Å². The van der Waals surface area contributed by atoms with Crippen LogP contribution in [-0.2, 0) is 43.3 Å². The lowest BCUT2D eigenvalue weighted by atomic mass is 9.33. The van der Waals surface area contributed by atoms with Crippen molar-refractivity contribution >= 4 is 101 Å². The monoisotopic (exact) mass is 1590 g/mol. The summed E-state index contributed by atoms with van der Waals surface area (Å²) in [6, 6.07) is 83.4. The SMILES string of the molecule is [2H]c1c([2H])c([2H])c2c(c1[2H])c1c([2H])c([2H])c([2H])c([2H])c1n2-c1ccc2c(c1)N(c1c(-c3ccccc3)cc(C(C)(C)C)cc1-c1ccc(C(C)(C)C)nc1C(C)(C)C)c1cc(-c3cc(C(C)(C)C)cc(C(C)(C)C)c3)cc3c1B2c1ccc(-n2c4ccc(C(C)(C)C)cc4c4cc(C(C)(C)C)ccc42)cc1N3c1c(-c2ccccc2)cc(C(C)(C)C)cc1-c1ccccc1. The van der Waals surface area contributed by atoms with Crippen molar-refractivity contribution in [3.8, 4) is 67.0 Å². The van der Waals surface area contributed by atoms with E-state index in [1.54, 1.807) is 4.57 Å². The van der Waals surface area contributed by atoms with Crippen molar-refractivity contribution in [2.75, 3.05) is 9.80 Å². The predicted molar refractivity (Wildman–Crippen MR) is 524 cm³/mol. The summed E-state index contributed by atoms with van der Waals surface area (Å²) in [4.78, 5) is 11.0. The summed E-state index contributed by atoms with van der Waals surface area (Å²) in [5, 5.41) is 2.35. The van der Waals surface area contributed by atoms with Crippen LogP contribution in [0.25, 0.3) is 111 Å². The molecule has 0 amide bonds. The van der Waals surface area contributed by atoms with Gasteiger partial charge in [-0.2, -0.15) is 0 Å². The van der Waals surface area contributed by atoms with Crippen molar-refractivity contribution < 1.29 is 11.0 Å². The van der Waals surface area contributed by atoms with E-state index in [9.17, 15) is 11.0 Å². The zero-order chi connectivity index (χ0) is 92.4. The first kappa shape index (κ1) is 71.1. The molecule has 13 aromatic carbocycles. The molecule has 0 unspecified atom stereocenters. The average molecular weight is 1590 g/mol. The Hall–Kier alpha value is -11.7. The molecule has 0 aliphatic carbocycles. The van der Waals surface area contributed by atoms with E-state index in [0.29, 0.717) is 5.69 Å². The molecule has 0 N–H and O–H groups in total. The maximum atomic E-state index is 10.1. The van der Waals surface area contributed by atoms with Crippen LogP contribution in [0, 0.1) is 0 Å². The van der Waals surface area contributed by atoms with Crippen LogP contribution < -0.4 is 26.2 Å². The minimum atomic E-state index is -0.588. The molecule has 3 aromatic heterocycles. The number of para-hydroxylation sites is 2. The van der Waals surface area contributed by atoms with Crippen LogP contribution in [0.3, 0.4) is 0 Å². The molecule has 0 saturated heterocycles.